The maximum Gasteiger partial charge on any atom is 0.224 e. The van der Waals surface area contributed by atoms with Crippen molar-refractivity contribution in [1.29, 1.82) is 0 Å². The number of hydrogen-bond acceptors (Lipinski definition) is 6. The highest BCUT2D eigenvalue weighted by Crippen LogP contribution is 2.53. The second-order valence-corrected chi connectivity index (χ2v) is 12.5. The molecule has 8 heteroatoms. The quantitative estimate of drug-likeness (QED) is 0.112. The molecule has 8 nitrogen and oxygen atoms in total. The number of hydrogen-bond donors (Lipinski definition) is 2. The minimum Gasteiger partial charge on any atom is -0.497 e. The molecule has 4 rings (SSSR count). The fraction of sp³-hybridized carbons (Fsp3) is 0.350. The summed E-state index contributed by atoms with van der Waals surface area (Å²) < 4.78 is 21.8. The first-order chi connectivity index (χ1) is 23.2. The van der Waals surface area contributed by atoms with Crippen molar-refractivity contribution in [3.63, 3.8) is 0 Å². The first kappa shape index (κ1) is 35.9. The lowest BCUT2D eigenvalue weighted by Crippen LogP contribution is -2.56. The van der Waals surface area contributed by atoms with Crippen LogP contribution in [-0.4, -0.2) is 40.3 Å². The number of carbonyl (C=O) groups is 2. The van der Waals surface area contributed by atoms with Crippen LogP contribution in [0.3, 0.4) is 0 Å². The Balaban J connectivity index is 1.98. The summed E-state index contributed by atoms with van der Waals surface area (Å²) in [5.41, 5.74) is 14.5. The van der Waals surface area contributed by atoms with E-state index in [-0.39, 0.29) is 18.2 Å². The number of nitrogens with two attached hydrogens (primary N) is 2. The van der Waals surface area contributed by atoms with Crippen LogP contribution in [-0.2, 0) is 35.3 Å². The Bertz CT molecular complexity index is 1500. The van der Waals surface area contributed by atoms with Crippen molar-refractivity contribution in [2.24, 2.45) is 22.3 Å². The monoisotopic (exact) mass is 652 g/mol. The third-order valence-corrected chi connectivity index (χ3v) is 9.55. The lowest BCUT2D eigenvalue weighted by molar-refractivity contribution is -0.138. The van der Waals surface area contributed by atoms with Gasteiger partial charge < -0.3 is 30.4 Å². The number of methoxy groups -OCH3 is 4. The van der Waals surface area contributed by atoms with Crippen LogP contribution in [0, 0.1) is 10.8 Å². The molecule has 0 unspecified atom stereocenters. The molecule has 4 N–H and O–H groups in total. The molecule has 0 aliphatic carbocycles. The van der Waals surface area contributed by atoms with Gasteiger partial charge in [0, 0.05) is 6.42 Å². The predicted octanol–water partition coefficient (Wildman–Crippen LogP) is 6.50. The highest BCUT2D eigenvalue weighted by molar-refractivity contribution is 5.83. The first-order valence-corrected chi connectivity index (χ1v) is 16.3. The number of ether oxygens (including phenoxy) is 4. The Hall–Kier alpha value is -4.98. The van der Waals surface area contributed by atoms with E-state index in [9.17, 15) is 9.59 Å². The molecule has 254 valence electrons. The molecular weight excluding hydrogens is 604 g/mol. The number of benzene rings is 4. The van der Waals surface area contributed by atoms with Gasteiger partial charge in [-0.3, -0.25) is 9.59 Å². The van der Waals surface area contributed by atoms with Crippen LogP contribution in [0.25, 0.3) is 0 Å². The van der Waals surface area contributed by atoms with E-state index in [1.165, 1.54) is 0 Å². The number of rotatable bonds is 19. The van der Waals surface area contributed by atoms with Crippen molar-refractivity contribution < 1.29 is 28.5 Å². The average Bonchev–Trinajstić information content (AvgIpc) is 3.10. The van der Waals surface area contributed by atoms with Gasteiger partial charge in [0.2, 0.25) is 11.8 Å². The van der Waals surface area contributed by atoms with Gasteiger partial charge in [0.15, 0.2) is 0 Å². The second-order valence-electron chi connectivity index (χ2n) is 12.5. The molecule has 0 aliphatic heterocycles. The van der Waals surface area contributed by atoms with Crippen molar-refractivity contribution >= 4 is 11.8 Å². The molecule has 0 aromatic heterocycles. The molecular formula is C40H48N2O6. The zero-order valence-corrected chi connectivity index (χ0v) is 28.5. The highest BCUT2D eigenvalue weighted by atomic mass is 16.5. The SMILES string of the molecule is COc1ccc(CC(CCCCC(N)=O)(Cc2ccc(OC)cc2)C(Cc2ccc(OC)cc2)(Cc2ccc(OC)cc2)C(N)=O)cc1. The Morgan fingerprint density at radius 2 is 0.812 bits per heavy atom. The van der Waals surface area contributed by atoms with Crippen molar-refractivity contribution in [3.05, 3.63) is 119 Å². The Morgan fingerprint density at radius 3 is 1.08 bits per heavy atom. The van der Waals surface area contributed by atoms with Gasteiger partial charge in [-0.05, 0) is 115 Å². The molecule has 0 saturated carbocycles. The number of unbranched alkanes of at least 4 members (excludes halogenated alkanes) is 1. The molecule has 0 aliphatic rings. The molecule has 4 aromatic carbocycles. The van der Waals surface area contributed by atoms with Crippen LogP contribution >= 0.6 is 0 Å². The summed E-state index contributed by atoms with van der Waals surface area (Å²) in [6.45, 7) is 0. The average molecular weight is 653 g/mol. The zero-order valence-electron chi connectivity index (χ0n) is 28.5. The maximum absolute atomic E-state index is 14.5. The van der Waals surface area contributed by atoms with Crippen LogP contribution < -0.4 is 30.4 Å². The van der Waals surface area contributed by atoms with Crippen molar-refractivity contribution in [1.82, 2.24) is 0 Å². The molecule has 0 radical (unpaired) electrons. The standard InChI is InChI=1S/C40H48N2O6/c1-45-33-16-8-29(9-17-33)25-39(24-6-5-7-37(41)43,26-30-10-18-34(46-2)19-11-30)40(38(42)44,27-31-12-20-35(47-3)21-13-31)28-32-14-22-36(48-4)23-15-32/h8-23H,5-7,24-28H2,1-4H3,(H2,41,43)(H2,42,44). The van der Waals surface area contributed by atoms with Crippen LogP contribution in [0.2, 0.25) is 0 Å². The normalized spacial score (nSPS) is 11.5. The Kier molecular flexibility index (Phi) is 12.5. The van der Waals surface area contributed by atoms with Crippen LogP contribution in [0.1, 0.15) is 47.9 Å². The Labute approximate surface area is 284 Å². The minimum atomic E-state index is -1.08. The van der Waals surface area contributed by atoms with Gasteiger partial charge in [0.25, 0.3) is 0 Å². The molecule has 0 saturated heterocycles. The molecule has 0 spiro atoms. The van der Waals surface area contributed by atoms with E-state index < -0.39 is 10.8 Å². The summed E-state index contributed by atoms with van der Waals surface area (Å²) in [5.74, 6) is 2.23. The summed E-state index contributed by atoms with van der Waals surface area (Å²) in [6, 6.07) is 31.7. The largest absolute Gasteiger partial charge is 0.497 e. The summed E-state index contributed by atoms with van der Waals surface area (Å²) in [6.07, 6.45) is 4.04. The summed E-state index contributed by atoms with van der Waals surface area (Å²) in [7, 11) is 6.55. The van der Waals surface area contributed by atoms with Crippen molar-refractivity contribution in [2.75, 3.05) is 28.4 Å². The fourth-order valence-corrected chi connectivity index (χ4v) is 6.90. The fourth-order valence-electron chi connectivity index (χ4n) is 6.90. The van der Waals surface area contributed by atoms with E-state index in [4.69, 9.17) is 30.4 Å². The van der Waals surface area contributed by atoms with Crippen LogP contribution in [0.5, 0.6) is 23.0 Å². The summed E-state index contributed by atoms with van der Waals surface area (Å²) >= 11 is 0. The number of carbonyl (C=O) groups excluding carboxylic acids is 2. The third kappa shape index (κ3) is 8.88. The molecule has 4 aromatic rings. The minimum absolute atomic E-state index is 0.266. The van der Waals surface area contributed by atoms with E-state index in [0.717, 1.165) is 45.3 Å². The van der Waals surface area contributed by atoms with Gasteiger partial charge in [-0.25, -0.2) is 0 Å². The summed E-state index contributed by atoms with van der Waals surface area (Å²) in [5, 5.41) is 0. The van der Waals surface area contributed by atoms with E-state index in [1.807, 2.05) is 72.8 Å². The zero-order chi connectivity index (χ0) is 34.6. The lowest BCUT2D eigenvalue weighted by Gasteiger charge is -2.50. The lowest BCUT2D eigenvalue weighted by atomic mass is 9.52. The topological polar surface area (TPSA) is 123 Å². The van der Waals surface area contributed by atoms with Crippen LogP contribution in [0.4, 0.5) is 0 Å². The molecule has 0 atom stereocenters. The third-order valence-electron chi connectivity index (χ3n) is 9.55. The van der Waals surface area contributed by atoms with Crippen molar-refractivity contribution in [2.45, 2.75) is 51.4 Å². The van der Waals surface area contributed by atoms with Gasteiger partial charge in [-0.15, -0.1) is 0 Å². The molecule has 0 heterocycles. The van der Waals surface area contributed by atoms with Gasteiger partial charge >= 0.3 is 0 Å². The second kappa shape index (κ2) is 16.7. The summed E-state index contributed by atoms with van der Waals surface area (Å²) in [4.78, 5) is 26.3. The van der Waals surface area contributed by atoms with E-state index in [1.54, 1.807) is 28.4 Å². The molecule has 48 heavy (non-hydrogen) atoms. The van der Waals surface area contributed by atoms with E-state index >= 15 is 0 Å². The highest BCUT2D eigenvalue weighted by Gasteiger charge is 2.54. The Morgan fingerprint density at radius 1 is 0.500 bits per heavy atom. The molecule has 0 fully saturated rings. The van der Waals surface area contributed by atoms with Gasteiger partial charge in [0.05, 0.1) is 33.9 Å². The first-order valence-electron chi connectivity index (χ1n) is 16.3. The predicted molar refractivity (Wildman–Crippen MR) is 189 cm³/mol. The van der Waals surface area contributed by atoms with E-state index in [2.05, 4.69) is 24.3 Å². The van der Waals surface area contributed by atoms with E-state index in [0.29, 0.717) is 44.9 Å². The van der Waals surface area contributed by atoms with Crippen LogP contribution in [0.15, 0.2) is 97.1 Å². The smallest absolute Gasteiger partial charge is 0.224 e. The maximum atomic E-state index is 14.5. The number of amides is 2. The van der Waals surface area contributed by atoms with Gasteiger partial charge in [-0.2, -0.15) is 0 Å². The van der Waals surface area contributed by atoms with Gasteiger partial charge in [0.1, 0.15) is 23.0 Å². The number of primary amides is 2. The van der Waals surface area contributed by atoms with Crippen molar-refractivity contribution in [3.8, 4) is 23.0 Å². The van der Waals surface area contributed by atoms with Gasteiger partial charge in [-0.1, -0.05) is 55.0 Å². The molecule has 0 bridgehead atoms. The molecule has 2 amide bonds.